The number of nitrogens with zero attached hydrogens (tertiary/aromatic N) is 1. The van der Waals surface area contributed by atoms with Crippen molar-refractivity contribution in [2.75, 3.05) is 13.7 Å². The van der Waals surface area contributed by atoms with Crippen LogP contribution in [0.1, 0.15) is 60.9 Å². The fourth-order valence-electron chi connectivity index (χ4n) is 4.62. The van der Waals surface area contributed by atoms with E-state index in [-0.39, 0.29) is 23.4 Å². The zero-order chi connectivity index (χ0) is 22.7. The standard InChI is InChI=1S/C24H28N2O6/c1-3-31-21-12-15(8-9-20(21)32-16-6-4-5-7-16)17(13-22(27)30-2)23-24(28)18-14-25-11-10-19(18)26(23)29/h8-12,14,16-17,23,26H,3-7,13H2,1-2H3. The summed E-state index contributed by atoms with van der Waals surface area (Å²) in [4.78, 5) is 29.3. The quantitative estimate of drug-likeness (QED) is 0.497. The molecular formula is C24H28N2O6. The van der Waals surface area contributed by atoms with Gasteiger partial charge < -0.3 is 24.5 Å². The molecule has 1 aromatic heterocycles. The maximum atomic E-state index is 13.1. The molecule has 1 aliphatic carbocycles. The van der Waals surface area contributed by atoms with Crippen molar-refractivity contribution in [2.45, 2.75) is 57.1 Å². The summed E-state index contributed by atoms with van der Waals surface area (Å²) in [6.07, 6.45) is 7.27. The first-order valence-electron chi connectivity index (χ1n) is 11.1. The number of carbonyl (C=O) groups excluding carboxylic acids is 2. The van der Waals surface area contributed by atoms with Crippen molar-refractivity contribution in [3.8, 4) is 11.5 Å². The SMILES string of the molecule is CCOc1cc(C(CC(=O)OC)C2C(=O)c3cnccc3[NH+]2[O-])ccc1OC1CCCC1. The Hall–Kier alpha value is -2.97. The smallest absolute Gasteiger partial charge is 0.306 e. The fraction of sp³-hybridized carbons (Fsp3) is 0.458. The van der Waals surface area contributed by atoms with Gasteiger partial charge in [-0.1, -0.05) is 6.07 Å². The molecule has 0 spiro atoms. The van der Waals surface area contributed by atoms with E-state index in [0.29, 0.717) is 34.9 Å². The third-order valence-corrected chi connectivity index (χ3v) is 6.23. The van der Waals surface area contributed by atoms with E-state index >= 15 is 0 Å². The number of hydrogen-bond donors (Lipinski definition) is 1. The molecule has 2 aliphatic rings. The number of pyridine rings is 1. The maximum absolute atomic E-state index is 13.1. The molecule has 32 heavy (non-hydrogen) atoms. The number of ketones is 1. The first-order chi connectivity index (χ1) is 15.5. The molecule has 2 aromatic rings. The first kappa shape index (κ1) is 22.2. The number of quaternary nitrogens is 1. The zero-order valence-electron chi connectivity index (χ0n) is 18.3. The minimum atomic E-state index is -1.01. The summed E-state index contributed by atoms with van der Waals surface area (Å²) in [5, 5.41) is 12.8. The summed E-state index contributed by atoms with van der Waals surface area (Å²) < 4.78 is 16.9. The number of aromatic nitrogens is 1. The van der Waals surface area contributed by atoms with Crippen molar-refractivity contribution in [3.63, 3.8) is 0 Å². The second-order valence-corrected chi connectivity index (χ2v) is 8.18. The van der Waals surface area contributed by atoms with Crippen LogP contribution in [0, 0.1) is 5.21 Å². The Morgan fingerprint density at radius 2 is 2.03 bits per heavy atom. The summed E-state index contributed by atoms with van der Waals surface area (Å²) in [5.41, 5.74) is 1.30. The number of carbonyl (C=O) groups is 2. The van der Waals surface area contributed by atoms with Gasteiger partial charge in [0.2, 0.25) is 5.78 Å². The molecule has 4 rings (SSSR count). The van der Waals surface area contributed by atoms with Crippen molar-refractivity contribution in [1.29, 1.82) is 0 Å². The summed E-state index contributed by atoms with van der Waals surface area (Å²) in [6.45, 7) is 2.32. The van der Waals surface area contributed by atoms with E-state index in [1.807, 2.05) is 19.1 Å². The number of fused-ring (bicyclic) bond motifs is 1. The molecule has 0 radical (unpaired) electrons. The zero-order valence-corrected chi connectivity index (χ0v) is 18.3. The summed E-state index contributed by atoms with van der Waals surface area (Å²) in [5.74, 6) is -0.320. The van der Waals surface area contributed by atoms with Crippen LogP contribution in [0.3, 0.4) is 0 Å². The number of ether oxygens (including phenoxy) is 3. The normalized spacial score (nSPS) is 21.3. The molecule has 0 bridgehead atoms. The Morgan fingerprint density at radius 3 is 2.72 bits per heavy atom. The van der Waals surface area contributed by atoms with Crippen LogP contribution in [0.5, 0.6) is 11.5 Å². The van der Waals surface area contributed by atoms with E-state index < -0.39 is 17.9 Å². The molecule has 3 unspecified atom stereocenters. The lowest BCUT2D eigenvalue weighted by atomic mass is 9.86. The van der Waals surface area contributed by atoms with Gasteiger partial charge >= 0.3 is 5.97 Å². The first-order valence-corrected chi connectivity index (χ1v) is 11.1. The summed E-state index contributed by atoms with van der Waals surface area (Å²) in [7, 11) is 1.29. The molecule has 170 valence electrons. The van der Waals surface area contributed by atoms with Crippen molar-refractivity contribution in [3.05, 3.63) is 53.0 Å². The Bertz CT molecular complexity index is 988. The van der Waals surface area contributed by atoms with Gasteiger partial charge in [0.15, 0.2) is 17.5 Å². The third kappa shape index (κ3) is 4.33. The monoisotopic (exact) mass is 440 g/mol. The van der Waals surface area contributed by atoms with E-state index in [1.54, 1.807) is 12.1 Å². The van der Waals surface area contributed by atoms with Crippen molar-refractivity contribution in [1.82, 2.24) is 4.98 Å². The minimum absolute atomic E-state index is 0.103. The molecule has 8 nitrogen and oxygen atoms in total. The summed E-state index contributed by atoms with van der Waals surface area (Å²) in [6, 6.07) is 5.94. The largest absolute Gasteiger partial charge is 0.628 e. The number of esters is 1. The topological polar surface area (TPSA) is 102 Å². The van der Waals surface area contributed by atoms with Gasteiger partial charge in [0.05, 0.1) is 32.2 Å². The fourth-order valence-corrected chi connectivity index (χ4v) is 4.62. The highest BCUT2D eigenvalue weighted by atomic mass is 16.5. The number of methoxy groups -OCH3 is 1. The highest BCUT2D eigenvalue weighted by Crippen LogP contribution is 2.37. The van der Waals surface area contributed by atoms with Crippen molar-refractivity contribution >= 4 is 17.4 Å². The second-order valence-electron chi connectivity index (χ2n) is 8.18. The predicted molar refractivity (Wildman–Crippen MR) is 116 cm³/mol. The van der Waals surface area contributed by atoms with Crippen LogP contribution in [0.15, 0.2) is 36.7 Å². The predicted octanol–water partition coefficient (Wildman–Crippen LogP) is 2.73. The van der Waals surface area contributed by atoms with Crippen LogP contribution in [-0.2, 0) is 9.53 Å². The number of hydrogen-bond acceptors (Lipinski definition) is 7. The second kappa shape index (κ2) is 9.67. The van der Waals surface area contributed by atoms with Gasteiger partial charge in [0, 0.05) is 18.5 Å². The van der Waals surface area contributed by atoms with Gasteiger partial charge in [-0.2, -0.15) is 0 Å². The van der Waals surface area contributed by atoms with Gasteiger partial charge in [-0.15, -0.1) is 0 Å². The molecule has 3 atom stereocenters. The molecule has 1 N–H and O–H groups in total. The van der Waals surface area contributed by atoms with Crippen LogP contribution < -0.4 is 14.5 Å². The van der Waals surface area contributed by atoms with Gasteiger partial charge in [-0.05, 0) is 50.3 Å². The Balaban J connectivity index is 1.69. The average molecular weight is 440 g/mol. The van der Waals surface area contributed by atoms with Crippen LogP contribution in [0.4, 0.5) is 5.69 Å². The van der Waals surface area contributed by atoms with Gasteiger partial charge in [0.1, 0.15) is 11.3 Å². The molecule has 1 fully saturated rings. The maximum Gasteiger partial charge on any atom is 0.306 e. The van der Waals surface area contributed by atoms with Gasteiger partial charge in [-0.3, -0.25) is 14.6 Å². The van der Waals surface area contributed by atoms with Crippen LogP contribution >= 0.6 is 0 Å². The minimum Gasteiger partial charge on any atom is -0.628 e. The van der Waals surface area contributed by atoms with Crippen LogP contribution in [-0.4, -0.2) is 42.6 Å². The molecule has 0 saturated heterocycles. The van der Waals surface area contributed by atoms with Crippen LogP contribution in [0.25, 0.3) is 0 Å². The van der Waals surface area contributed by atoms with E-state index in [1.165, 1.54) is 19.5 Å². The third-order valence-electron chi connectivity index (χ3n) is 6.23. The van der Waals surface area contributed by atoms with Gasteiger partial charge in [0.25, 0.3) is 0 Å². The lowest BCUT2D eigenvalue weighted by Gasteiger charge is -2.30. The summed E-state index contributed by atoms with van der Waals surface area (Å²) >= 11 is 0. The Morgan fingerprint density at radius 1 is 1.25 bits per heavy atom. The number of rotatable bonds is 8. The van der Waals surface area contributed by atoms with Crippen molar-refractivity contribution in [2.24, 2.45) is 0 Å². The number of benzene rings is 1. The molecular weight excluding hydrogens is 412 g/mol. The van der Waals surface area contributed by atoms with E-state index in [9.17, 15) is 14.8 Å². The van der Waals surface area contributed by atoms with E-state index in [4.69, 9.17) is 14.2 Å². The number of hydroxylamine groups is 1. The van der Waals surface area contributed by atoms with Crippen LogP contribution in [0.2, 0.25) is 0 Å². The average Bonchev–Trinajstić information content (AvgIpc) is 3.40. The van der Waals surface area contributed by atoms with E-state index in [2.05, 4.69) is 4.98 Å². The molecule has 8 heteroatoms. The Labute approximate surface area is 187 Å². The van der Waals surface area contributed by atoms with E-state index in [0.717, 1.165) is 25.7 Å². The van der Waals surface area contributed by atoms with Gasteiger partial charge in [-0.25, -0.2) is 0 Å². The number of nitrogens with one attached hydrogen (secondary N) is 1. The lowest BCUT2D eigenvalue weighted by molar-refractivity contribution is -0.792. The highest BCUT2D eigenvalue weighted by molar-refractivity contribution is 6.05. The van der Waals surface area contributed by atoms with Crippen molar-refractivity contribution < 1.29 is 28.9 Å². The highest BCUT2D eigenvalue weighted by Gasteiger charge is 2.45. The molecule has 1 saturated carbocycles. The molecule has 2 heterocycles. The molecule has 1 aromatic carbocycles. The molecule has 0 amide bonds. The number of Topliss-reactive ketones (excluding diaryl/α,β-unsaturated/α-hetero) is 1. The molecule has 1 aliphatic heterocycles. The Kier molecular flexibility index (Phi) is 6.72. The lowest BCUT2D eigenvalue weighted by Crippen LogP contribution is -3.06.